The van der Waals surface area contributed by atoms with E-state index in [2.05, 4.69) is 17.5 Å². The van der Waals surface area contributed by atoms with E-state index in [1.807, 2.05) is 6.07 Å². The van der Waals surface area contributed by atoms with Gasteiger partial charge in [0, 0.05) is 6.42 Å². The molecule has 140 valence electrons. The third-order valence-corrected chi connectivity index (χ3v) is 4.28. The van der Waals surface area contributed by atoms with E-state index in [9.17, 15) is 9.90 Å². The molecule has 0 unspecified atom stereocenters. The molecule has 0 aliphatic carbocycles. The van der Waals surface area contributed by atoms with Crippen LogP contribution in [0.2, 0.25) is 0 Å². The molecular weight excluding hydrogens is 312 g/mol. The maximum Gasteiger partial charge on any atom is 0.240 e. The molecular formula is C21H34N2O2. The van der Waals surface area contributed by atoms with Crippen LogP contribution in [0.5, 0.6) is 5.75 Å². The molecule has 0 bridgehead atoms. The summed E-state index contributed by atoms with van der Waals surface area (Å²) in [5, 5.41) is 13.3. The molecule has 0 saturated heterocycles. The van der Waals surface area contributed by atoms with Crippen molar-refractivity contribution in [2.75, 3.05) is 0 Å². The molecule has 1 aromatic rings. The number of hydrogen-bond acceptors (Lipinski definition) is 3. The fourth-order valence-corrected chi connectivity index (χ4v) is 2.79. The lowest BCUT2D eigenvalue weighted by Crippen LogP contribution is -2.16. The molecule has 0 atom stereocenters. The second kappa shape index (κ2) is 14.5. The molecule has 1 amide bonds. The second-order valence-electron chi connectivity index (χ2n) is 6.67. The minimum Gasteiger partial charge on any atom is -0.508 e. The summed E-state index contributed by atoms with van der Waals surface area (Å²) in [6, 6.07) is 6.75. The SMILES string of the molecule is CCCCCCCCCCCCCC(=O)NN=Cc1cccc(O)c1. The Labute approximate surface area is 152 Å². The van der Waals surface area contributed by atoms with E-state index in [1.54, 1.807) is 18.2 Å². The Morgan fingerprint density at radius 1 is 1.00 bits per heavy atom. The van der Waals surface area contributed by atoms with E-state index < -0.39 is 0 Å². The van der Waals surface area contributed by atoms with Crippen LogP contribution in [0, 0.1) is 0 Å². The standard InChI is InChI=1S/C21H34N2O2/c1-2-3-4-5-6-7-8-9-10-11-12-16-21(25)23-22-18-19-14-13-15-20(24)17-19/h13-15,17-18,24H,2-12,16H2,1H3,(H,23,25). The molecule has 0 spiro atoms. The van der Waals surface area contributed by atoms with Gasteiger partial charge in [0.15, 0.2) is 0 Å². The van der Waals surface area contributed by atoms with Crippen LogP contribution >= 0.6 is 0 Å². The van der Waals surface area contributed by atoms with E-state index in [0.29, 0.717) is 6.42 Å². The van der Waals surface area contributed by atoms with Gasteiger partial charge in [-0.3, -0.25) is 4.79 Å². The zero-order valence-electron chi connectivity index (χ0n) is 15.7. The molecule has 25 heavy (non-hydrogen) atoms. The number of phenols is 1. The van der Waals surface area contributed by atoms with Gasteiger partial charge in [-0.1, -0.05) is 83.3 Å². The number of rotatable bonds is 14. The van der Waals surface area contributed by atoms with Gasteiger partial charge in [-0.25, -0.2) is 5.43 Å². The maximum atomic E-state index is 11.7. The Kier molecular flexibility index (Phi) is 12.3. The van der Waals surface area contributed by atoms with E-state index in [4.69, 9.17) is 0 Å². The van der Waals surface area contributed by atoms with Gasteiger partial charge >= 0.3 is 0 Å². The quantitative estimate of drug-likeness (QED) is 0.264. The summed E-state index contributed by atoms with van der Waals surface area (Å²) in [7, 11) is 0. The van der Waals surface area contributed by atoms with Gasteiger partial charge in [0.05, 0.1) is 6.21 Å². The van der Waals surface area contributed by atoms with Crippen molar-refractivity contribution < 1.29 is 9.90 Å². The molecule has 0 heterocycles. The van der Waals surface area contributed by atoms with E-state index >= 15 is 0 Å². The van der Waals surface area contributed by atoms with Gasteiger partial charge in [-0.05, 0) is 24.1 Å². The summed E-state index contributed by atoms with van der Waals surface area (Å²) in [4.78, 5) is 11.7. The van der Waals surface area contributed by atoms with Crippen LogP contribution < -0.4 is 5.43 Å². The monoisotopic (exact) mass is 346 g/mol. The van der Waals surface area contributed by atoms with Crippen molar-refractivity contribution in [3.8, 4) is 5.75 Å². The van der Waals surface area contributed by atoms with Gasteiger partial charge in [0.1, 0.15) is 5.75 Å². The minimum atomic E-state index is -0.0488. The summed E-state index contributed by atoms with van der Waals surface area (Å²) in [6.07, 6.45) is 16.1. The van der Waals surface area contributed by atoms with Crippen LogP contribution in [0.15, 0.2) is 29.4 Å². The van der Waals surface area contributed by atoms with Crippen molar-refractivity contribution in [3.63, 3.8) is 0 Å². The Morgan fingerprint density at radius 2 is 1.60 bits per heavy atom. The number of nitrogens with zero attached hydrogens (tertiary/aromatic N) is 1. The van der Waals surface area contributed by atoms with Gasteiger partial charge in [0.2, 0.25) is 5.91 Å². The summed E-state index contributed by atoms with van der Waals surface area (Å²) in [5.41, 5.74) is 3.29. The van der Waals surface area contributed by atoms with Crippen molar-refractivity contribution in [1.29, 1.82) is 0 Å². The van der Waals surface area contributed by atoms with Crippen molar-refractivity contribution in [2.45, 2.75) is 84.0 Å². The number of carbonyl (C=O) groups is 1. The number of benzene rings is 1. The van der Waals surface area contributed by atoms with Crippen LogP contribution in [0.3, 0.4) is 0 Å². The van der Waals surface area contributed by atoms with Crippen molar-refractivity contribution in [1.82, 2.24) is 5.43 Å². The summed E-state index contributed by atoms with van der Waals surface area (Å²) >= 11 is 0. The van der Waals surface area contributed by atoms with Crippen LogP contribution in [0.1, 0.15) is 89.5 Å². The van der Waals surface area contributed by atoms with E-state index in [-0.39, 0.29) is 11.7 Å². The lowest BCUT2D eigenvalue weighted by Gasteiger charge is -2.02. The summed E-state index contributed by atoms with van der Waals surface area (Å²) < 4.78 is 0. The van der Waals surface area contributed by atoms with Gasteiger partial charge in [-0.15, -0.1) is 0 Å². The highest BCUT2D eigenvalue weighted by Crippen LogP contribution is 2.12. The molecule has 0 aliphatic heterocycles. The van der Waals surface area contributed by atoms with Crippen LogP contribution in [-0.4, -0.2) is 17.2 Å². The Morgan fingerprint density at radius 3 is 2.20 bits per heavy atom. The number of hydrogen-bond donors (Lipinski definition) is 2. The lowest BCUT2D eigenvalue weighted by atomic mass is 10.1. The first-order valence-electron chi connectivity index (χ1n) is 9.83. The highest BCUT2D eigenvalue weighted by molar-refractivity contribution is 5.82. The smallest absolute Gasteiger partial charge is 0.240 e. The first-order chi connectivity index (χ1) is 12.2. The minimum absolute atomic E-state index is 0.0488. The first-order valence-corrected chi connectivity index (χ1v) is 9.83. The molecule has 2 N–H and O–H groups in total. The Balaban J connectivity index is 1.93. The average Bonchev–Trinajstić information content (AvgIpc) is 2.60. The van der Waals surface area contributed by atoms with E-state index in [0.717, 1.165) is 18.4 Å². The Hall–Kier alpha value is -1.84. The van der Waals surface area contributed by atoms with Crippen molar-refractivity contribution >= 4 is 12.1 Å². The number of amides is 1. The van der Waals surface area contributed by atoms with Gasteiger partial charge < -0.3 is 5.11 Å². The predicted octanol–water partition coefficient (Wildman–Crippen LogP) is 5.54. The van der Waals surface area contributed by atoms with Crippen molar-refractivity contribution in [3.05, 3.63) is 29.8 Å². The largest absolute Gasteiger partial charge is 0.508 e. The van der Waals surface area contributed by atoms with Crippen LogP contribution in [0.4, 0.5) is 0 Å². The highest BCUT2D eigenvalue weighted by Gasteiger charge is 1.99. The normalized spacial score (nSPS) is 11.1. The second-order valence-corrected chi connectivity index (χ2v) is 6.67. The first kappa shape index (κ1) is 21.2. The number of aromatic hydroxyl groups is 1. The van der Waals surface area contributed by atoms with Gasteiger partial charge in [0.25, 0.3) is 0 Å². The molecule has 0 radical (unpaired) electrons. The molecule has 1 aromatic carbocycles. The van der Waals surface area contributed by atoms with E-state index in [1.165, 1.54) is 64.0 Å². The van der Waals surface area contributed by atoms with Crippen LogP contribution in [-0.2, 0) is 4.79 Å². The maximum absolute atomic E-state index is 11.7. The number of phenolic OH excluding ortho intramolecular Hbond substituents is 1. The Bertz CT molecular complexity index is 500. The fourth-order valence-electron chi connectivity index (χ4n) is 2.79. The fraction of sp³-hybridized carbons (Fsp3) is 0.619. The number of carbonyl (C=O) groups excluding carboxylic acids is 1. The number of hydrazone groups is 1. The lowest BCUT2D eigenvalue weighted by molar-refractivity contribution is -0.121. The molecule has 4 nitrogen and oxygen atoms in total. The molecule has 0 aromatic heterocycles. The van der Waals surface area contributed by atoms with Crippen molar-refractivity contribution in [2.24, 2.45) is 5.10 Å². The average molecular weight is 347 g/mol. The summed E-state index contributed by atoms with van der Waals surface area (Å²) in [6.45, 7) is 2.25. The number of nitrogens with one attached hydrogen (secondary N) is 1. The molecule has 0 saturated carbocycles. The molecule has 1 rings (SSSR count). The van der Waals surface area contributed by atoms with Gasteiger partial charge in [-0.2, -0.15) is 5.10 Å². The summed E-state index contributed by atoms with van der Waals surface area (Å²) in [5.74, 6) is 0.142. The number of unbranched alkanes of at least 4 members (excludes halogenated alkanes) is 10. The topological polar surface area (TPSA) is 61.7 Å². The molecule has 0 fully saturated rings. The zero-order valence-corrected chi connectivity index (χ0v) is 15.7. The zero-order chi connectivity index (χ0) is 18.2. The molecule has 4 heteroatoms. The van der Waals surface area contributed by atoms with Crippen LogP contribution in [0.25, 0.3) is 0 Å². The third kappa shape index (κ3) is 12.2. The predicted molar refractivity (Wildman–Crippen MR) is 105 cm³/mol. The third-order valence-electron chi connectivity index (χ3n) is 4.28. The highest BCUT2D eigenvalue weighted by atomic mass is 16.3. The molecule has 0 aliphatic rings.